The fourth-order valence-corrected chi connectivity index (χ4v) is 2.37. The fourth-order valence-electron chi connectivity index (χ4n) is 2.37. The van der Waals surface area contributed by atoms with Crippen LogP contribution in [-0.2, 0) is 9.53 Å². The highest BCUT2D eigenvalue weighted by molar-refractivity contribution is 5.76. The molecule has 0 radical (unpaired) electrons. The molecule has 21 heavy (non-hydrogen) atoms. The van der Waals surface area contributed by atoms with Crippen LogP contribution in [0.1, 0.15) is 6.92 Å². The van der Waals surface area contributed by atoms with E-state index in [-0.39, 0.29) is 12.0 Å². The Bertz CT molecular complexity index is 434. The van der Waals surface area contributed by atoms with Gasteiger partial charge in [0, 0.05) is 45.1 Å². The second kappa shape index (κ2) is 7.90. The van der Waals surface area contributed by atoms with Gasteiger partial charge in [0.15, 0.2) is 0 Å². The van der Waals surface area contributed by atoms with Gasteiger partial charge in [-0.3, -0.25) is 9.69 Å². The number of hydrogen-bond donors (Lipinski definition) is 1. The van der Waals surface area contributed by atoms with Gasteiger partial charge in [-0.05, 0) is 20.0 Å². The van der Waals surface area contributed by atoms with Crippen molar-refractivity contribution in [2.45, 2.75) is 13.0 Å². The standard InChI is InChI=1S/C14H23N5O2/c1-3-21-13(20)12(15-2)11-18-7-9-19(10-8-18)14-16-5-4-6-17-14/h4-6,12,15H,3,7-11H2,1-2H3. The molecule has 2 heterocycles. The molecule has 0 aliphatic carbocycles. The molecule has 7 heteroatoms. The summed E-state index contributed by atoms with van der Waals surface area (Å²) in [7, 11) is 1.79. The molecule has 0 aromatic carbocycles. The Morgan fingerprint density at radius 2 is 2.00 bits per heavy atom. The Hall–Kier alpha value is -1.73. The third kappa shape index (κ3) is 4.37. The van der Waals surface area contributed by atoms with Gasteiger partial charge in [0.1, 0.15) is 6.04 Å². The zero-order chi connectivity index (χ0) is 15.1. The predicted octanol–water partition coefficient (Wildman–Crippen LogP) is -0.250. The van der Waals surface area contributed by atoms with Crippen LogP contribution in [-0.4, -0.2) is 73.3 Å². The molecule has 0 spiro atoms. The molecule has 1 aliphatic rings. The molecule has 1 aromatic rings. The summed E-state index contributed by atoms with van der Waals surface area (Å²) in [5.41, 5.74) is 0. The van der Waals surface area contributed by atoms with Crippen LogP contribution in [0.3, 0.4) is 0 Å². The average molecular weight is 293 g/mol. The minimum atomic E-state index is -0.274. The molecule has 1 aliphatic heterocycles. The third-order valence-corrected chi connectivity index (χ3v) is 3.57. The van der Waals surface area contributed by atoms with Crippen molar-refractivity contribution in [3.05, 3.63) is 18.5 Å². The minimum absolute atomic E-state index is 0.186. The monoisotopic (exact) mass is 293 g/mol. The Balaban J connectivity index is 1.82. The van der Waals surface area contributed by atoms with E-state index in [1.807, 2.05) is 13.0 Å². The lowest BCUT2D eigenvalue weighted by Gasteiger charge is -2.35. The van der Waals surface area contributed by atoms with Crippen molar-refractivity contribution in [3.63, 3.8) is 0 Å². The number of esters is 1. The lowest BCUT2D eigenvalue weighted by Crippen LogP contribution is -2.52. The van der Waals surface area contributed by atoms with Crippen LogP contribution >= 0.6 is 0 Å². The molecule has 1 unspecified atom stereocenters. The largest absolute Gasteiger partial charge is 0.465 e. The van der Waals surface area contributed by atoms with Crippen LogP contribution in [0.25, 0.3) is 0 Å². The summed E-state index contributed by atoms with van der Waals surface area (Å²) >= 11 is 0. The van der Waals surface area contributed by atoms with Crippen molar-refractivity contribution in [2.24, 2.45) is 0 Å². The van der Waals surface area contributed by atoms with Crippen LogP contribution in [0.2, 0.25) is 0 Å². The van der Waals surface area contributed by atoms with Crippen molar-refractivity contribution in [1.29, 1.82) is 0 Å². The van der Waals surface area contributed by atoms with E-state index in [9.17, 15) is 4.79 Å². The highest BCUT2D eigenvalue weighted by atomic mass is 16.5. The first-order chi connectivity index (χ1) is 10.2. The minimum Gasteiger partial charge on any atom is -0.465 e. The number of hydrogen-bond acceptors (Lipinski definition) is 7. The Morgan fingerprint density at radius 3 is 2.57 bits per heavy atom. The lowest BCUT2D eigenvalue weighted by molar-refractivity contribution is -0.146. The summed E-state index contributed by atoms with van der Waals surface area (Å²) in [5, 5.41) is 3.02. The summed E-state index contributed by atoms with van der Waals surface area (Å²) in [6, 6.07) is 1.54. The second-order valence-corrected chi connectivity index (χ2v) is 4.93. The van der Waals surface area contributed by atoms with Crippen LogP contribution in [0, 0.1) is 0 Å². The highest BCUT2D eigenvalue weighted by Crippen LogP contribution is 2.10. The number of rotatable bonds is 6. The Labute approximate surface area is 125 Å². The normalized spacial score (nSPS) is 17.5. The SMILES string of the molecule is CCOC(=O)C(CN1CCN(c2ncccn2)CC1)NC. The number of carbonyl (C=O) groups excluding carboxylic acids is 1. The second-order valence-electron chi connectivity index (χ2n) is 4.93. The molecule has 1 N–H and O–H groups in total. The van der Waals surface area contributed by atoms with Gasteiger partial charge in [-0.15, -0.1) is 0 Å². The van der Waals surface area contributed by atoms with E-state index in [4.69, 9.17) is 4.74 Å². The number of ether oxygens (including phenoxy) is 1. The molecular formula is C14H23N5O2. The summed E-state index contributed by atoms with van der Waals surface area (Å²) in [6.07, 6.45) is 3.51. The van der Waals surface area contributed by atoms with Crippen molar-refractivity contribution in [3.8, 4) is 0 Å². The number of carbonyl (C=O) groups is 1. The highest BCUT2D eigenvalue weighted by Gasteiger charge is 2.24. The van der Waals surface area contributed by atoms with Gasteiger partial charge >= 0.3 is 5.97 Å². The first-order valence-corrected chi connectivity index (χ1v) is 7.32. The van der Waals surface area contributed by atoms with Crippen molar-refractivity contribution >= 4 is 11.9 Å². The molecule has 0 amide bonds. The molecule has 0 bridgehead atoms. The van der Waals surface area contributed by atoms with Crippen molar-refractivity contribution in [2.75, 3.05) is 51.3 Å². The molecule has 1 atom stereocenters. The number of piperazine rings is 1. The molecule has 1 fully saturated rings. The van der Waals surface area contributed by atoms with E-state index < -0.39 is 0 Å². The quantitative estimate of drug-likeness (QED) is 0.725. The first-order valence-electron chi connectivity index (χ1n) is 7.32. The summed E-state index contributed by atoms with van der Waals surface area (Å²) < 4.78 is 5.07. The van der Waals surface area contributed by atoms with Crippen LogP contribution < -0.4 is 10.2 Å². The summed E-state index contributed by atoms with van der Waals surface area (Å²) in [6.45, 7) is 6.40. The maximum absolute atomic E-state index is 11.8. The van der Waals surface area contributed by atoms with Gasteiger partial charge in [0.25, 0.3) is 0 Å². The van der Waals surface area contributed by atoms with Gasteiger partial charge in [-0.1, -0.05) is 0 Å². The van der Waals surface area contributed by atoms with Gasteiger partial charge < -0.3 is 15.0 Å². The number of nitrogens with zero attached hydrogens (tertiary/aromatic N) is 4. The lowest BCUT2D eigenvalue weighted by atomic mass is 10.2. The van der Waals surface area contributed by atoms with E-state index in [0.717, 1.165) is 32.1 Å². The number of anilines is 1. The van der Waals surface area contributed by atoms with Gasteiger partial charge in [0.2, 0.25) is 5.95 Å². The zero-order valence-corrected chi connectivity index (χ0v) is 12.7. The van der Waals surface area contributed by atoms with Crippen molar-refractivity contribution in [1.82, 2.24) is 20.2 Å². The maximum atomic E-state index is 11.8. The first kappa shape index (κ1) is 15.7. The summed E-state index contributed by atoms with van der Waals surface area (Å²) in [4.78, 5) is 24.7. The topological polar surface area (TPSA) is 70.6 Å². The molecule has 2 rings (SSSR count). The molecule has 1 aromatic heterocycles. The van der Waals surface area contributed by atoms with Gasteiger partial charge in [0.05, 0.1) is 6.61 Å². The zero-order valence-electron chi connectivity index (χ0n) is 12.7. The molecule has 1 saturated heterocycles. The maximum Gasteiger partial charge on any atom is 0.324 e. The number of aromatic nitrogens is 2. The molecule has 7 nitrogen and oxygen atoms in total. The van der Waals surface area contributed by atoms with E-state index >= 15 is 0 Å². The van der Waals surface area contributed by atoms with Gasteiger partial charge in [-0.25, -0.2) is 9.97 Å². The van der Waals surface area contributed by atoms with Crippen LogP contribution in [0.15, 0.2) is 18.5 Å². The van der Waals surface area contributed by atoms with E-state index in [2.05, 4.69) is 25.1 Å². The summed E-state index contributed by atoms with van der Waals surface area (Å²) in [5.74, 6) is 0.585. The van der Waals surface area contributed by atoms with E-state index in [1.165, 1.54) is 0 Å². The number of nitrogens with one attached hydrogen (secondary N) is 1. The fraction of sp³-hybridized carbons (Fsp3) is 0.643. The Kier molecular flexibility index (Phi) is 5.89. The van der Waals surface area contributed by atoms with Crippen molar-refractivity contribution < 1.29 is 9.53 Å². The predicted molar refractivity (Wildman–Crippen MR) is 80.2 cm³/mol. The van der Waals surface area contributed by atoms with Crippen LogP contribution in [0.5, 0.6) is 0 Å². The third-order valence-electron chi connectivity index (χ3n) is 3.57. The van der Waals surface area contributed by atoms with Gasteiger partial charge in [-0.2, -0.15) is 0 Å². The number of likely N-dealkylation sites (N-methyl/N-ethyl adjacent to an activating group) is 1. The Morgan fingerprint density at radius 1 is 1.33 bits per heavy atom. The average Bonchev–Trinajstić information content (AvgIpc) is 2.54. The molecule has 0 saturated carbocycles. The van der Waals surface area contributed by atoms with E-state index in [1.54, 1.807) is 19.4 Å². The smallest absolute Gasteiger partial charge is 0.324 e. The van der Waals surface area contributed by atoms with E-state index in [0.29, 0.717) is 13.2 Å². The molecular weight excluding hydrogens is 270 g/mol. The van der Waals surface area contributed by atoms with Crippen LogP contribution in [0.4, 0.5) is 5.95 Å². The molecule has 116 valence electrons.